The van der Waals surface area contributed by atoms with Gasteiger partial charge in [0.25, 0.3) is 0 Å². The molecular formula is C27H31NO2. The number of carbonyl (C=O) groups is 1. The van der Waals surface area contributed by atoms with Crippen LogP contribution in [-0.2, 0) is 17.9 Å². The maximum Gasteiger partial charge on any atom is 0.303 e. The molecule has 3 nitrogen and oxygen atoms in total. The topological polar surface area (TPSA) is 40.5 Å². The van der Waals surface area contributed by atoms with Crippen LogP contribution < -0.4 is 4.90 Å². The zero-order valence-electron chi connectivity index (χ0n) is 18.1. The summed E-state index contributed by atoms with van der Waals surface area (Å²) in [6.07, 6.45) is 0.116. The van der Waals surface area contributed by atoms with Crippen molar-refractivity contribution in [2.24, 2.45) is 5.41 Å². The van der Waals surface area contributed by atoms with E-state index < -0.39 is 5.97 Å². The number of nitrogens with zero attached hydrogens (tertiary/aromatic N) is 1. The molecule has 0 aliphatic carbocycles. The van der Waals surface area contributed by atoms with Crippen molar-refractivity contribution in [2.45, 2.75) is 46.2 Å². The highest BCUT2D eigenvalue weighted by molar-refractivity contribution is 5.69. The van der Waals surface area contributed by atoms with Gasteiger partial charge in [-0.15, -0.1) is 0 Å². The maximum absolute atomic E-state index is 11.7. The van der Waals surface area contributed by atoms with E-state index in [0.717, 1.165) is 24.3 Å². The molecule has 0 aliphatic rings. The zero-order chi connectivity index (χ0) is 21.6. The van der Waals surface area contributed by atoms with Crippen LogP contribution in [0, 0.1) is 5.41 Å². The van der Waals surface area contributed by atoms with Gasteiger partial charge in [0.15, 0.2) is 0 Å². The number of rotatable bonds is 8. The Hall–Kier alpha value is -3.07. The van der Waals surface area contributed by atoms with Crippen LogP contribution in [0.15, 0.2) is 84.9 Å². The van der Waals surface area contributed by atoms with E-state index >= 15 is 0 Å². The second-order valence-electron chi connectivity index (χ2n) is 8.90. The minimum atomic E-state index is -0.762. The van der Waals surface area contributed by atoms with E-state index in [4.69, 9.17) is 0 Å². The van der Waals surface area contributed by atoms with Crippen molar-refractivity contribution in [1.82, 2.24) is 0 Å². The van der Waals surface area contributed by atoms with Gasteiger partial charge in [0.1, 0.15) is 0 Å². The summed E-state index contributed by atoms with van der Waals surface area (Å²) >= 11 is 0. The third-order valence-electron chi connectivity index (χ3n) is 5.51. The van der Waals surface area contributed by atoms with E-state index in [-0.39, 0.29) is 17.8 Å². The lowest BCUT2D eigenvalue weighted by Crippen LogP contribution is -2.27. The van der Waals surface area contributed by atoms with Crippen LogP contribution in [0.4, 0.5) is 5.69 Å². The van der Waals surface area contributed by atoms with Gasteiger partial charge in [0.2, 0.25) is 0 Å². The van der Waals surface area contributed by atoms with Crippen molar-refractivity contribution >= 4 is 11.7 Å². The summed E-state index contributed by atoms with van der Waals surface area (Å²) in [5, 5.41) is 9.59. The van der Waals surface area contributed by atoms with Crippen molar-refractivity contribution in [1.29, 1.82) is 0 Å². The Balaban J connectivity index is 2.05. The van der Waals surface area contributed by atoms with Crippen LogP contribution in [0.1, 0.15) is 49.8 Å². The number of aliphatic carboxylic acids is 1. The molecule has 0 aromatic heterocycles. The fourth-order valence-electron chi connectivity index (χ4n) is 3.96. The molecule has 1 atom stereocenters. The standard InChI is InChI=1S/C27H31NO2/c1-27(2,3)24(18-26(29)30)23-16-10-11-17-25(23)28(19-21-12-6-4-7-13-21)20-22-14-8-5-9-15-22/h4-17,24H,18-20H2,1-3H3,(H,29,30)/t24-/m1/s1. The largest absolute Gasteiger partial charge is 0.481 e. The average Bonchev–Trinajstić information content (AvgIpc) is 2.72. The minimum Gasteiger partial charge on any atom is -0.481 e. The van der Waals surface area contributed by atoms with Crippen molar-refractivity contribution < 1.29 is 9.90 Å². The molecule has 0 saturated carbocycles. The van der Waals surface area contributed by atoms with E-state index in [1.54, 1.807) is 0 Å². The molecule has 3 aromatic rings. The fraction of sp³-hybridized carbons (Fsp3) is 0.296. The molecule has 3 aromatic carbocycles. The van der Waals surface area contributed by atoms with Crippen LogP contribution in [-0.4, -0.2) is 11.1 Å². The predicted molar refractivity (Wildman–Crippen MR) is 124 cm³/mol. The van der Waals surface area contributed by atoms with Gasteiger partial charge in [0.05, 0.1) is 6.42 Å². The predicted octanol–water partition coefficient (Wildman–Crippen LogP) is 6.50. The first-order valence-electron chi connectivity index (χ1n) is 10.5. The second kappa shape index (κ2) is 9.62. The summed E-state index contributed by atoms with van der Waals surface area (Å²) in [5.74, 6) is -0.845. The van der Waals surface area contributed by atoms with Gasteiger partial charge in [0, 0.05) is 24.7 Å². The van der Waals surface area contributed by atoms with Gasteiger partial charge in [-0.05, 0) is 28.2 Å². The molecule has 0 aliphatic heterocycles. The molecule has 30 heavy (non-hydrogen) atoms. The van der Waals surface area contributed by atoms with Crippen molar-refractivity contribution in [3.63, 3.8) is 0 Å². The van der Waals surface area contributed by atoms with Gasteiger partial charge in [-0.25, -0.2) is 0 Å². The van der Waals surface area contributed by atoms with Gasteiger partial charge < -0.3 is 10.0 Å². The van der Waals surface area contributed by atoms with Crippen LogP contribution in [0.25, 0.3) is 0 Å². The highest BCUT2D eigenvalue weighted by Crippen LogP contribution is 2.42. The van der Waals surface area contributed by atoms with Crippen LogP contribution in [0.5, 0.6) is 0 Å². The molecule has 0 fully saturated rings. The van der Waals surface area contributed by atoms with Gasteiger partial charge in [-0.3, -0.25) is 4.79 Å². The van der Waals surface area contributed by atoms with E-state index in [2.05, 4.69) is 86.3 Å². The summed E-state index contributed by atoms with van der Waals surface area (Å²) < 4.78 is 0. The molecule has 0 radical (unpaired) electrons. The number of anilines is 1. The Morgan fingerprint density at radius 2 is 1.27 bits per heavy atom. The number of hydrogen-bond donors (Lipinski definition) is 1. The fourth-order valence-corrected chi connectivity index (χ4v) is 3.96. The monoisotopic (exact) mass is 401 g/mol. The molecule has 0 bridgehead atoms. The minimum absolute atomic E-state index is 0.0831. The lowest BCUT2D eigenvalue weighted by Gasteiger charge is -2.35. The average molecular weight is 402 g/mol. The maximum atomic E-state index is 11.7. The number of carboxylic acid groups (broad SMARTS) is 1. The highest BCUT2D eigenvalue weighted by Gasteiger charge is 2.31. The Morgan fingerprint density at radius 1 is 0.800 bits per heavy atom. The first-order valence-corrected chi connectivity index (χ1v) is 10.5. The molecule has 0 unspecified atom stereocenters. The second-order valence-corrected chi connectivity index (χ2v) is 8.90. The number of hydrogen-bond acceptors (Lipinski definition) is 2. The van der Waals surface area contributed by atoms with Gasteiger partial charge >= 0.3 is 5.97 Å². The summed E-state index contributed by atoms with van der Waals surface area (Å²) in [6.45, 7) is 7.88. The van der Waals surface area contributed by atoms with E-state index in [0.29, 0.717) is 0 Å². The molecular weight excluding hydrogens is 370 g/mol. The molecule has 1 N–H and O–H groups in total. The number of carboxylic acids is 1. The Labute approximate surface area is 180 Å². The van der Waals surface area contributed by atoms with Crippen LogP contribution in [0.2, 0.25) is 0 Å². The molecule has 3 rings (SSSR count). The first-order chi connectivity index (χ1) is 14.3. The molecule has 156 valence electrons. The number of benzene rings is 3. The van der Waals surface area contributed by atoms with E-state index in [1.165, 1.54) is 11.1 Å². The molecule has 0 amide bonds. The van der Waals surface area contributed by atoms with E-state index in [9.17, 15) is 9.90 Å². The summed E-state index contributed by atoms with van der Waals surface area (Å²) in [6, 6.07) is 29.1. The summed E-state index contributed by atoms with van der Waals surface area (Å²) in [7, 11) is 0. The lowest BCUT2D eigenvalue weighted by atomic mass is 9.74. The van der Waals surface area contributed by atoms with Crippen molar-refractivity contribution in [3.05, 3.63) is 102 Å². The SMILES string of the molecule is CC(C)(C)[C@H](CC(=O)O)c1ccccc1N(Cc1ccccc1)Cc1ccccc1. The Kier molecular flexibility index (Phi) is 6.94. The molecule has 3 heteroatoms. The van der Waals surface area contributed by atoms with Crippen molar-refractivity contribution in [3.8, 4) is 0 Å². The smallest absolute Gasteiger partial charge is 0.303 e. The van der Waals surface area contributed by atoms with Crippen LogP contribution in [0.3, 0.4) is 0 Å². The lowest BCUT2D eigenvalue weighted by molar-refractivity contribution is -0.138. The summed E-state index contributed by atoms with van der Waals surface area (Å²) in [5.41, 5.74) is 4.49. The third-order valence-corrected chi connectivity index (χ3v) is 5.51. The molecule has 0 spiro atoms. The normalized spacial score (nSPS) is 12.4. The molecule has 0 heterocycles. The highest BCUT2D eigenvalue weighted by atomic mass is 16.4. The van der Waals surface area contributed by atoms with E-state index in [1.807, 2.05) is 24.3 Å². The zero-order valence-corrected chi connectivity index (χ0v) is 18.1. The first kappa shape index (κ1) is 21.6. The Bertz CT molecular complexity index is 904. The van der Waals surface area contributed by atoms with Gasteiger partial charge in [-0.1, -0.05) is 99.6 Å². The van der Waals surface area contributed by atoms with Gasteiger partial charge in [-0.2, -0.15) is 0 Å². The summed E-state index contributed by atoms with van der Waals surface area (Å²) in [4.78, 5) is 14.0. The quantitative estimate of drug-likeness (QED) is 0.468. The van der Waals surface area contributed by atoms with Crippen molar-refractivity contribution in [2.75, 3.05) is 4.90 Å². The Morgan fingerprint density at radius 3 is 1.73 bits per heavy atom. The van der Waals surface area contributed by atoms with Crippen LogP contribution >= 0.6 is 0 Å². The molecule has 0 saturated heterocycles. The third kappa shape index (κ3) is 5.73. The number of para-hydroxylation sites is 1.